The highest BCUT2D eigenvalue weighted by Crippen LogP contribution is 2.26. The molecule has 1 aromatic carbocycles. The van der Waals surface area contributed by atoms with Crippen LogP contribution in [0.15, 0.2) is 24.3 Å². The van der Waals surface area contributed by atoms with Crippen LogP contribution in [0.25, 0.3) is 0 Å². The van der Waals surface area contributed by atoms with E-state index in [0.29, 0.717) is 18.5 Å². The van der Waals surface area contributed by atoms with Crippen molar-refractivity contribution < 1.29 is 28.7 Å². The van der Waals surface area contributed by atoms with Crippen molar-refractivity contribution in [2.24, 2.45) is 11.8 Å². The second kappa shape index (κ2) is 12.0. The highest BCUT2D eigenvalue weighted by atomic mass is 16.6. The van der Waals surface area contributed by atoms with E-state index in [1.807, 2.05) is 12.1 Å². The number of unbranched alkanes of at least 4 members (excludes halogenated alkanes) is 1. The van der Waals surface area contributed by atoms with Crippen molar-refractivity contribution >= 4 is 23.6 Å². The number of amides is 1. The molecule has 33 heavy (non-hydrogen) atoms. The summed E-state index contributed by atoms with van der Waals surface area (Å²) in [6.45, 7) is 13.9. The second-order valence-electron chi connectivity index (χ2n) is 10.3. The number of ketones is 1. The lowest BCUT2D eigenvalue weighted by atomic mass is 9.84. The first-order valence-electron chi connectivity index (χ1n) is 11.4. The van der Waals surface area contributed by atoms with Crippen LogP contribution in [0.2, 0.25) is 0 Å². The Morgan fingerprint density at radius 2 is 1.39 bits per heavy atom. The van der Waals surface area contributed by atoms with E-state index in [9.17, 15) is 19.2 Å². The minimum atomic E-state index is -1.37. The maximum atomic E-state index is 13.5. The minimum absolute atomic E-state index is 0.0743. The van der Waals surface area contributed by atoms with Crippen LogP contribution in [0, 0.1) is 11.8 Å². The summed E-state index contributed by atoms with van der Waals surface area (Å²) >= 11 is 0. The molecule has 7 nitrogen and oxygen atoms in total. The van der Waals surface area contributed by atoms with E-state index < -0.39 is 35.0 Å². The first-order chi connectivity index (χ1) is 15.1. The Kier molecular flexibility index (Phi) is 10.3. The highest BCUT2D eigenvalue weighted by molar-refractivity contribution is 6.06. The average Bonchev–Trinajstić information content (AvgIpc) is 2.64. The molecular weight excluding hydrogens is 422 g/mol. The molecule has 0 heterocycles. The van der Waals surface area contributed by atoms with Gasteiger partial charge in [-0.2, -0.15) is 0 Å². The SMILES string of the molecule is CC(=O)NCCCCc1ccccc1C(=O)C(C)C(C(=O)OC(C)(C)C)C(=O)OC(C)(C)C. The fourth-order valence-electron chi connectivity index (χ4n) is 3.32. The van der Waals surface area contributed by atoms with Gasteiger partial charge in [0.1, 0.15) is 11.2 Å². The predicted molar refractivity (Wildman–Crippen MR) is 127 cm³/mol. The number of nitrogens with one attached hydrogen (secondary N) is 1. The van der Waals surface area contributed by atoms with E-state index >= 15 is 0 Å². The Labute approximate surface area is 197 Å². The van der Waals surface area contributed by atoms with Gasteiger partial charge in [-0.25, -0.2) is 0 Å². The Morgan fingerprint density at radius 1 is 0.879 bits per heavy atom. The fraction of sp³-hybridized carbons (Fsp3) is 0.615. The van der Waals surface area contributed by atoms with Gasteiger partial charge in [-0.15, -0.1) is 0 Å². The van der Waals surface area contributed by atoms with Crippen LogP contribution in [0.3, 0.4) is 0 Å². The predicted octanol–water partition coefficient (Wildman–Crippen LogP) is 4.26. The molecule has 0 saturated heterocycles. The van der Waals surface area contributed by atoms with Gasteiger partial charge in [-0.1, -0.05) is 31.2 Å². The summed E-state index contributed by atoms with van der Waals surface area (Å²) in [5, 5.41) is 2.76. The topological polar surface area (TPSA) is 98.8 Å². The lowest BCUT2D eigenvalue weighted by molar-refractivity contribution is -0.176. The normalized spacial score (nSPS) is 12.8. The quantitative estimate of drug-likeness (QED) is 0.242. The lowest BCUT2D eigenvalue weighted by Crippen LogP contribution is -2.42. The largest absolute Gasteiger partial charge is 0.459 e. The average molecular weight is 462 g/mol. The molecule has 0 radical (unpaired) electrons. The molecule has 7 heteroatoms. The monoisotopic (exact) mass is 461 g/mol. The summed E-state index contributed by atoms with van der Waals surface area (Å²) < 4.78 is 10.9. The van der Waals surface area contributed by atoms with Crippen LogP contribution in [0.4, 0.5) is 0 Å². The first-order valence-corrected chi connectivity index (χ1v) is 11.4. The van der Waals surface area contributed by atoms with E-state index in [2.05, 4.69) is 5.32 Å². The third kappa shape index (κ3) is 10.2. The zero-order chi connectivity index (χ0) is 25.4. The number of hydrogen-bond acceptors (Lipinski definition) is 6. The van der Waals surface area contributed by atoms with Gasteiger partial charge in [0, 0.05) is 24.9 Å². The number of benzene rings is 1. The molecule has 1 amide bonds. The smallest absolute Gasteiger partial charge is 0.321 e. The van der Waals surface area contributed by atoms with Crippen molar-refractivity contribution in [2.75, 3.05) is 6.54 Å². The van der Waals surface area contributed by atoms with Gasteiger partial charge in [0.2, 0.25) is 5.91 Å². The molecular formula is C26H39NO6. The van der Waals surface area contributed by atoms with Crippen molar-refractivity contribution in [3.05, 3.63) is 35.4 Å². The molecule has 0 fully saturated rings. The van der Waals surface area contributed by atoms with Crippen LogP contribution in [-0.4, -0.2) is 41.4 Å². The summed E-state index contributed by atoms with van der Waals surface area (Å²) in [6, 6.07) is 7.19. The molecule has 1 aromatic rings. The van der Waals surface area contributed by atoms with Gasteiger partial charge >= 0.3 is 11.9 Å². The number of hydrogen-bond donors (Lipinski definition) is 1. The van der Waals surface area contributed by atoms with Crippen LogP contribution < -0.4 is 5.32 Å². The Hall–Kier alpha value is -2.70. The van der Waals surface area contributed by atoms with Crippen molar-refractivity contribution in [2.45, 2.75) is 85.9 Å². The molecule has 1 N–H and O–H groups in total. The van der Waals surface area contributed by atoms with Crippen LogP contribution in [0.5, 0.6) is 0 Å². The molecule has 0 aliphatic heterocycles. The summed E-state index contributed by atoms with van der Waals surface area (Å²) in [4.78, 5) is 50.3. The first kappa shape index (κ1) is 28.3. The third-order valence-electron chi connectivity index (χ3n) is 4.76. The number of aryl methyl sites for hydroxylation is 1. The van der Waals surface area contributed by atoms with Crippen molar-refractivity contribution in [1.82, 2.24) is 5.32 Å². The van der Waals surface area contributed by atoms with Gasteiger partial charge in [0.25, 0.3) is 0 Å². The van der Waals surface area contributed by atoms with Gasteiger partial charge in [0.05, 0.1) is 0 Å². The summed E-state index contributed by atoms with van der Waals surface area (Å²) in [5.41, 5.74) is -0.316. The summed E-state index contributed by atoms with van der Waals surface area (Å²) in [5.74, 6) is -4.27. The number of esters is 2. The minimum Gasteiger partial charge on any atom is -0.459 e. The van der Waals surface area contributed by atoms with E-state index in [0.717, 1.165) is 18.4 Å². The molecule has 0 aliphatic carbocycles. The molecule has 0 aliphatic rings. The molecule has 0 saturated carbocycles. The second-order valence-corrected chi connectivity index (χ2v) is 10.3. The maximum Gasteiger partial charge on any atom is 0.321 e. The lowest BCUT2D eigenvalue weighted by Gasteiger charge is -2.28. The number of carbonyl (C=O) groups excluding carboxylic acids is 4. The Bertz CT molecular complexity index is 819. The maximum absolute atomic E-state index is 13.5. The van der Waals surface area contributed by atoms with E-state index in [1.165, 1.54) is 6.92 Å². The molecule has 1 atom stereocenters. The van der Waals surface area contributed by atoms with E-state index in [-0.39, 0.29) is 11.7 Å². The zero-order valence-electron chi connectivity index (χ0n) is 21.2. The van der Waals surface area contributed by atoms with Gasteiger partial charge in [0.15, 0.2) is 11.7 Å². The summed E-state index contributed by atoms with van der Waals surface area (Å²) in [7, 11) is 0. The number of rotatable bonds is 10. The number of ether oxygens (including phenoxy) is 2. The third-order valence-corrected chi connectivity index (χ3v) is 4.76. The Morgan fingerprint density at radius 3 is 1.88 bits per heavy atom. The van der Waals surface area contributed by atoms with Crippen LogP contribution in [-0.2, 0) is 30.3 Å². The number of carbonyl (C=O) groups is 4. The van der Waals surface area contributed by atoms with Crippen molar-refractivity contribution in [3.63, 3.8) is 0 Å². The van der Waals surface area contributed by atoms with Gasteiger partial charge in [-0.3, -0.25) is 19.2 Å². The van der Waals surface area contributed by atoms with Gasteiger partial charge < -0.3 is 14.8 Å². The van der Waals surface area contributed by atoms with Crippen LogP contribution >= 0.6 is 0 Å². The summed E-state index contributed by atoms with van der Waals surface area (Å²) in [6.07, 6.45) is 2.19. The Balaban J connectivity index is 3.11. The van der Waals surface area contributed by atoms with E-state index in [4.69, 9.17) is 9.47 Å². The molecule has 0 aromatic heterocycles. The number of Topliss-reactive ketones (excluding diaryl/α,β-unsaturated/α-hetero) is 1. The molecule has 184 valence electrons. The molecule has 1 rings (SSSR count). The zero-order valence-corrected chi connectivity index (χ0v) is 21.2. The highest BCUT2D eigenvalue weighted by Gasteiger charge is 2.42. The standard InChI is InChI=1S/C26H39NO6/c1-17(21(23(30)32-25(3,4)5)24(31)33-26(6,7)8)22(29)20-15-10-9-13-19(20)14-11-12-16-27-18(2)28/h9-10,13,15,17,21H,11-12,14,16H2,1-8H3,(H,27,28). The van der Waals surface area contributed by atoms with Crippen molar-refractivity contribution in [1.29, 1.82) is 0 Å². The van der Waals surface area contributed by atoms with Gasteiger partial charge in [-0.05, 0) is 66.4 Å². The van der Waals surface area contributed by atoms with Crippen molar-refractivity contribution in [3.8, 4) is 0 Å². The van der Waals surface area contributed by atoms with E-state index in [1.54, 1.807) is 60.6 Å². The molecule has 0 bridgehead atoms. The molecule has 1 unspecified atom stereocenters. The fourth-order valence-corrected chi connectivity index (χ4v) is 3.32. The van der Waals surface area contributed by atoms with Crippen LogP contribution in [0.1, 0.15) is 84.2 Å². The molecule has 0 spiro atoms.